The molecule has 0 fully saturated rings. The Morgan fingerprint density at radius 2 is 1.90 bits per heavy atom. The predicted molar refractivity (Wildman–Crippen MR) is 69.2 cm³/mol. The molecule has 20 heavy (non-hydrogen) atoms. The molecule has 6 nitrogen and oxygen atoms in total. The Labute approximate surface area is 115 Å². The van der Waals surface area contributed by atoms with Gasteiger partial charge in [-0.2, -0.15) is 0 Å². The number of aromatic hydroxyl groups is 2. The van der Waals surface area contributed by atoms with E-state index in [1.165, 1.54) is 4.57 Å². The van der Waals surface area contributed by atoms with Gasteiger partial charge in [-0.05, 0) is 6.92 Å². The molecule has 0 saturated carbocycles. The van der Waals surface area contributed by atoms with Gasteiger partial charge in [-0.15, -0.1) is 0 Å². The highest BCUT2D eigenvalue weighted by molar-refractivity contribution is 5.86. The lowest BCUT2D eigenvalue weighted by Crippen LogP contribution is -2.11. The number of hydrogen-bond donors (Lipinski definition) is 2. The van der Waals surface area contributed by atoms with E-state index in [4.69, 9.17) is 9.47 Å². The SMILES string of the molecule is C=C(C)C(=O)OCCn1c(O)c2c(c1O)C1C=CC2O1. The lowest BCUT2D eigenvalue weighted by molar-refractivity contribution is -0.139. The normalized spacial score (nSPS) is 22.1. The van der Waals surface area contributed by atoms with Crippen LogP contribution >= 0.6 is 0 Å². The van der Waals surface area contributed by atoms with E-state index in [-0.39, 0.29) is 37.1 Å². The van der Waals surface area contributed by atoms with Crippen molar-refractivity contribution in [3.05, 3.63) is 35.4 Å². The largest absolute Gasteiger partial charge is 0.494 e. The zero-order valence-electron chi connectivity index (χ0n) is 11.0. The summed E-state index contributed by atoms with van der Waals surface area (Å²) >= 11 is 0. The number of esters is 1. The summed E-state index contributed by atoms with van der Waals surface area (Å²) < 4.78 is 11.8. The Hall–Kier alpha value is -2.21. The van der Waals surface area contributed by atoms with E-state index in [9.17, 15) is 15.0 Å². The van der Waals surface area contributed by atoms with E-state index in [1.807, 2.05) is 12.2 Å². The summed E-state index contributed by atoms with van der Waals surface area (Å²) in [6.45, 7) is 5.25. The summed E-state index contributed by atoms with van der Waals surface area (Å²) in [6.07, 6.45) is 3.08. The highest BCUT2D eigenvalue weighted by atomic mass is 16.5. The van der Waals surface area contributed by atoms with Crippen molar-refractivity contribution in [1.82, 2.24) is 4.57 Å². The first-order valence-corrected chi connectivity index (χ1v) is 6.31. The van der Waals surface area contributed by atoms with Gasteiger partial charge in [0.25, 0.3) is 0 Å². The Balaban J connectivity index is 1.76. The highest BCUT2D eigenvalue weighted by Crippen LogP contribution is 2.54. The lowest BCUT2D eigenvalue weighted by Gasteiger charge is -2.10. The molecule has 106 valence electrons. The molecule has 3 rings (SSSR count). The maximum atomic E-state index is 11.3. The summed E-state index contributed by atoms with van der Waals surface area (Å²) in [7, 11) is 0. The van der Waals surface area contributed by atoms with Gasteiger partial charge in [0.15, 0.2) is 0 Å². The van der Waals surface area contributed by atoms with Gasteiger partial charge in [0.2, 0.25) is 11.8 Å². The topological polar surface area (TPSA) is 80.9 Å². The molecule has 0 aliphatic carbocycles. The second-order valence-corrected chi connectivity index (χ2v) is 4.90. The van der Waals surface area contributed by atoms with Crippen LogP contribution in [0.15, 0.2) is 24.3 Å². The number of rotatable bonds is 4. The van der Waals surface area contributed by atoms with Gasteiger partial charge in [-0.3, -0.25) is 4.57 Å². The van der Waals surface area contributed by atoms with Crippen molar-refractivity contribution < 1.29 is 24.5 Å². The van der Waals surface area contributed by atoms with Crippen LogP contribution in [0.25, 0.3) is 0 Å². The van der Waals surface area contributed by atoms with Crippen LogP contribution in [0.3, 0.4) is 0 Å². The first kappa shape index (κ1) is 12.8. The number of carbonyl (C=O) groups excluding carboxylic acids is 1. The quantitative estimate of drug-likeness (QED) is 0.497. The fraction of sp³-hybridized carbons (Fsp3) is 0.357. The number of ether oxygens (including phenoxy) is 2. The molecule has 0 aromatic carbocycles. The molecule has 2 aliphatic rings. The van der Waals surface area contributed by atoms with Crippen LogP contribution in [0.2, 0.25) is 0 Å². The summed E-state index contributed by atoms with van der Waals surface area (Å²) in [5, 5.41) is 20.3. The number of fused-ring (bicyclic) bond motifs is 5. The summed E-state index contributed by atoms with van der Waals surface area (Å²) in [4.78, 5) is 11.3. The minimum absolute atomic E-state index is 0.0410. The maximum absolute atomic E-state index is 11.3. The third kappa shape index (κ3) is 1.72. The minimum Gasteiger partial charge on any atom is -0.494 e. The molecule has 0 saturated heterocycles. The smallest absolute Gasteiger partial charge is 0.333 e. The molecule has 3 heterocycles. The van der Waals surface area contributed by atoms with Crippen molar-refractivity contribution >= 4 is 5.97 Å². The van der Waals surface area contributed by atoms with E-state index < -0.39 is 5.97 Å². The zero-order valence-corrected chi connectivity index (χ0v) is 11.0. The molecule has 2 unspecified atom stereocenters. The molecule has 2 atom stereocenters. The highest BCUT2D eigenvalue weighted by Gasteiger charge is 2.42. The molecule has 0 amide bonds. The molecule has 2 bridgehead atoms. The van der Waals surface area contributed by atoms with E-state index in [2.05, 4.69) is 6.58 Å². The molecule has 6 heteroatoms. The standard InChI is InChI=1S/C14H15NO5/c1-7(2)14(18)19-6-5-15-12(16)10-8-3-4-9(20-8)11(10)13(15)17/h3-4,8-9,16-17H,1,5-6H2,2H3. The van der Waals surface area contributed by atoms with E-state index >= 15 is 0 Å². The van der Waals surface area contributed by atoms with Crippen LogP contribution in [0.5, 0.6) is 11.8 Å². The molecule has 1 aromatic heterocycles. The van der Waals surface area contributed by atoms with Crippen LogP contribution in [0.4, 0.5) is 0 Å². The van der Waals surface area contributed by atoms with Gasteiger partial charge in [0.1, 0.15) is 18.8 Å². The predicted octanol–water partition coefficient (Wildman–Crippen LogP) is 1.70. The Morgan fingerprint density at radius 1 is 1.35 bits per heavy atom. The third-order valence-corrected chi connectivity index (χ3v) is 3.50. The Morgan fingerprint density at radius 3 is 2.40 bits per heavy atom. The molecule has 2 aliphatic heterocycles. The van der Waals surface area contributed by atoms with Gasteiger partial charge >= 0.3 is 5.97 Å². The second kappa shape index (κ2) is 4.42. The van der Waals surface area contributed by atoms with Crippen molar-refractivity contribution in [3.8, 4) is 11.8 Å². The van der Waals surface area contributed by atoms with E-state index in [1.54, 1.807) is 6.92 Å². The first-order chi connectivity index (χ1) is 9.50. The molecule has 0 radical (unpaired) electrons. The van der Waals surface area contributed by atoms with Crippen molar-refractivity contribution in [2.75, 3.05) is 6.61 Å². The number of nitrogens with zero attached hydrogens (tertiary/aromatic N) is 1. The number of hydrogen-bond acceptors (Lipinski definition) is 5. The first-order valence-electron chi connectivity index (χ1n) is 6.31. The third-order valence-electron chi connectivity index (χ3n) is 3.50. The van der Waals surface area contributed by atoms with Gasteiger partial charge in [-0.1, -0.05) is 18.7 Å². The van der Waals surface area contributed by atoms with Gasteiger partial charge in [-0.25, -0.2) is 4.79 Å². The average Bonchev–Trinajstić information content (AvgIpc) is 3.07. The fourth-order valence-corrected chi connectivity index (χ4v) is 2.54. The molecule has 2 N–H and O–H groups in total. The lowest BCUT2D eigenvalue weighted by atomic mass is 10.0. The van der Waals surface area contributed by atoms with Crippen LogP contribution in [-0.4, -0.2) is 27.4 Å². The Bertz CT molecular complexity index is 592. The maximum Gasteiger partial charge on any atom is 0.333 e. The summed E-state index contributed by atoms with van der Waals surface area (Å²) in [5.74, 6) is -0.574. The Kier molecular flexibility index (Phi) is 2.83. The minimum atomic E-state index is -0.492. The summed E-state index contributed by atoms with van der Waals surface area (Å²) in [6, 6.07) is 0. The molecule has 1 aromatic rings. The fourth-order valence-electron chi connectivity index (χ4n) is 2.54. The van der Waals surface area contributed by atoms with Crippen LogP contribution < -0.4 is 0 Å². The van der Waals surface area contributed by atoms with E-state index in [0.29, 0.717) is 16.7 Å². The van der Waals surface area contributed by atoms with Gasteiger partial charge in [0, 0.05) is 5.57 Å². The van der Waals surface area contributed by atoms with Gasteiger partial charge in [0.05, 0.1) is 17.7 Å². The van der Waals surface area contributed by atoms with Gasteiger partial charge < -0.3 is 19.7 Å². The van der Waals surface area contributed by atoms with Crippen molar-refractivity contribution in [3.63, 3.8) is 0 Å². The van der Waals surface area contributed by atoms with Crippen LogP contribution in [0, 0.1) is 0 Å². The number of carbonyl (C=O) groups is 1. The van der Waals surface area contributed by atoms with Crippen LogP contribution in [0.1, 0.15) is 30.3 Å². The monoisotopic (exact) mass is 277 g/mol. The average molecular weight is 277 g/mol. The van der Waals surface area contributed by atoms with Crippen molar-refractivity contribution in [1.29, 1.82) is 0 Å². The molecular formula is C14H15NO5. The van der Waals surface area contributed by atoms with Crippen LogP contribution in [-0.2, 0) is 20.8 Å². The number of aromatic nitrogens is 1. The molecular weight excluding hydrogens is 262 g/mol. The second-order valence-electron chi connectivity index (χ2n) is 4.90. The summed E-state index contributed by atoms with van der Waals surface area (Å²) in [5.41, 5.74) is 1.51. The van der Waals surface area contributed by atoms with E-state index in [0.717, 1.165) is 0 Å². The molecule has 0 spiro atoms. The van der Waals surface area contributed by atoms with Crippen molar-refractivity contribution in [2.45, 2.75) is 25.7 Å². The van der Waals surface area contributed by atoms with Crippen molar-refractivity contribution in [2.24, 2.45) is 0 Å². The zero-order chi connectivity index (χ0) is 14.4.